The van der Waals surface area contributed by atoms with Crippen LogP contribution in [-0.4, -0.2) is 32.6 Å². The van der Waals surface area contributed by atoms with Gasteiger partial charge in [0.1, 0.15) is 0 Å². The van der Waals surface area contributed by atoms with Crippen molar-refractivity contribution in [3.8, 4) is 12.3 Å². The van der Waals surface area contributed by atoms with E-state index in [4.69, 9.17) is 15.9 Å². The molecule has 3 heteroatoms. The van der Waals surface area contributed by atoms with Gasteiger partial charge in [-0.2, -0.15) is 0 Å². The quantitative estimate of drug-likeness (QED) is 0.346. The molecule has 3 nitrogen and oxygen atoms in total. The second kappa shape index (κ2) is 10.5. The smallest absolute Gasteiger partial charge is 0.158 e. The van der Waals surface area contributed by atoms with Crippen molar-refractivity contribution in [2.24, 2.45) is 0 Å². The van der Waals surface area contributed by atoms with Crippen molar-refractivity contribution in [3.05, 3.63) is 0 Å². The first kappa shape index (κ1) is 13.4. The van der Waals surface area contributed by atoms with Gasteiger partial charge in [-0.1, -0.05) is 0 Å². The Morgan fingerprint density at radius 3 is 2.36 bits per heavy atom. The Morgan fingerprint density at radius 1 is 1.21 bits per heavy atom. The van der Waals surface area contributed by atoms with Crippen LogP contribution in [0.25, 0.3) is 0 Å². The summed E-state index contributed by atoms with van der Waals surface area (Å²) < 4.78 is 10.8. The average molecular weight is 199 g/mol. The SMILES string of the molecule is C#CCCNCCC(OCC)OCC. The first-order valence-electron chi connectivity index (χ1n) is 5.22. The first-order chi connectivity index (χ1) is 6.85. The summed E-state index contributed by atoms with van der Waals surface area (Å²) >= 11 is 0. The molecule has 0 aliphatic heterocycles. The van der Waals surface area contributed by atoms with Crippen LogP contribution in [0, 0.1) is 12.3 Å². The third kappa shape index (κ3) is 8.06. The summed E-state index contributed by atoms with van der Waals surface area (Å²) in [5.41, 5.74) is 0. The number of hydrogen-bond donors (Lipinski definition) is 1. The first-order valence-corrected chi connectivity index (χ1v) is 5.22. The highest BCUT2D eigenvalue weighted by atomic mass is 16.7. The van der Waals surface area contributed by atoms with E-state index in [1.165, 1.54) is 0 Å². The zero-order chi connectivity index (χ0) is 10.6. The third-order valence-electron chi connectivity index (χ3n) is 1.71. The maximum Gasteiger partial charge on any atom is 0.158 e. The number of ether oxygens (including phenoxy) is 2. The summed E-state index contributed by atoms with van der Waals surface area (Å²) in [4.78, 5) is 0. The molecule has 0 aromatic heterocycles. The summed E-state index contributed by atoms with van der Waals surface area (Å²) in [6.45, 7) is 7.06. The van der Waals surface area contributed by atoms with Gasteiger partial charge in [-0.15, -0.1) is 12.3 Å². The molecule has 0 aromatic carbocycles. The van der Waals surface area contributed by atoms with Gasteiger partial charge in [-0.05, 0) is 20.4 Å². The van der Waals surface area contributed by atoms with Gasteiger partial charge in [0.25, 0.3) is 0 Å². The average Bonchev–Trinajstić information content (AvgIpc) is 2.18. The Balaban J connectivity index is 3.36. The Kier molecular flexibility index (Phi) is 10.1. The minimum atomic E-state index is -0.0802. The number of hydrogen-bond acceptors (Lipinski definition) is 3. The van der Waals surface area contributed by atoms with Gasteiger partial charge in [-0.25, -0.2) is 0 Å². The normalized spacial score (nSPS) is 10.4. The molecule has 0 fully saturated rings. The fourth-order valence-corrected chi connectivity index (χ4v) is 1.09. The second-order valence-electron chi connectivity index (χ2n) is 2.83. The molecule has 0 unspecified atom stereocenters. The fraction of sp³-hybridized carbons (Fsp3) is 0.818. The maximum absolute atomic E-state index is 5.39. The third-order valence-corrected chi connectivity index (χ3v) is 1.71. The van der Waals surface area contributed by atoms with Crippen LogP contribution in [0.5, 0.6) is 0 Å². The molecule has 0 radical (unpaired) electrons. The Morgan fingerprint density at radius 2 is 1.86 bits per heavy atom. The molecular formula is C11H21NO2. The lowest BCUT2D eigenvalue weighted by Crippen LogP contribution is -2.25. The highest BCUT2D eigenvalue weighted by Gasteiger charge is 2.06. The van der Waals surface area contributed by atoms with E-state index in [-0.39, 0.29) is 6.29 Å². The minimum absolute atomic E-state index is 0.0802. The standard InChI is InChI=1S/C11H21NO2/c1-4-7-9-12-10-8-11(13-5-2)14-6-3/h1,11-12H,5-10H2,2-3H3. The summed E-state index contributed by atoms with van der Waals surface area (Å²) in [7, 11) is 0. The highest BCUT2D eigenvalue weighted by Crippen LogP contribution is 1.99. The van der Waals surface area contributed by atoms with Crippen molar-refractivity contribution in [1.82, 2.24) is 5.32 Å². The zero-order valence-corrected chi connectivity index (χ0v) is 9.21. The summed E-state index contributed by atoms with van der Waals surface area (Å²) in [5, 5.41) is 3.23. The molecule has 0 heterocycles. The van der Waals surface area contributed by atoms with E-state index in [1.54, 1.807) is 0 Å². The Bertz CT molecular complexity index is 148. The molecular weight excluding hydrogens is 178 g/mol. The van der Waals surface area contributed by atoms with Crippen molar-refractivity contribution >= 4 is 0 Å². The van der Waals surface area contributed by atoms with Crippen LogP contribution in [0.3, 0.4) is 0 Å². The predicted molar refractivity (Wildman–Crippen MR) is 58.0 cm³/mol. The Labute approximate surface area is 87.2 Å². The number of nitrogens with one attached hydrogen (secondary N) is 1. The van der Waals surface area contributed by atoms with E-state index in [0.717, 1.165) is 25.9 Å². The van der Waals surface area contributed by atoms with Gasteiger partial charge in [0.2, 0.25) is 0 Å². The van der Waals surface area contributed by atoms with Crippen molar-refractivity contribution in [3.63, 3.8) is 0 Å². The van der Waals surface area contributed by atoms with Crippen molar-refractivity contribution < 1.29 is 9.47 Å². The maximum atomic E-state index is 5.39. The highest BCUT2D eigenvalue weighted by molar-refractivity contribution is 4.83. The molecule has 0 aliphatic carbocycles. The van der Waals surface area contributed by atoms with E-state index in [0.29, 0.717) is 13.2 Å². The largest absolute Gasteiger partial charge is 0.353 e. The van der Waals surface area contributed by atoms with Gasteiger partial charge >= 0.3 is 0 Å². The molecule has 0 atom stereocenters. The lowest BCUT2D eigenvalue weighted by Gasteiger charge is -2.16. The summed E-state index contributed by atoms with van der Waals surface area (Å²) in [6.07, 6.45) is 6.69. The zero-order valence-electron chi connectivity index (χ0n) is 9.21. The van der Waals surface area contributed by atoms with Gasteiger partial charge in [0.05, 0.1) is 0 Å². The number of rotatable bonds is 9. The van der Waals surface area contributed by atoms with Gasteiger partial charge in [-0.3, -0.25) is 0 Å². The summed E-state index contributed by atoms with van der Waals surface area (Å²) in [6, 6.07) is 0. The molecule has 14 heavy (non-hydrogen) atoms. The molecule has 0 aliphatic rings. The monoisotopic (exact) mass is 199 g/mol. The molecule has 1 N–H and O–H groups in total. The van der Waals surface area contributed by atoms with E-state index in [1.807, 2.05) is 13.8 Å². The van der Waals surface area contributed by atoms with Gasteiger partial charge in [0, 0.05) is 32.6 Å². The van der Waals surface area contributed by atoms with Crippen molar-refractivity contribution in [2.45, 2.75) is 33.0 Å². The van der Waals surface area contributed by atoms with Crippen LogP contribution in [-0.2, 0) is 9.47 Å². The molecule has 0 bridgehead atoms. The van der Waals surface area contributed by atoms with Crippen LogP contribution < -0.4 is 5.32 Å². The molecule has 0 rings (SSSR count). The molecule has 82 valence electrons. The van der Waals surface area contributed by atoms with E-state index < -0.39 is 0 Å². The topological polar surface area (TPSA) is 30.5 Å². The fourth-order valence-electron chi connectivity index (χ4n) is 1.09. The van der Waals surface area contributed by atoms with Crippen LogP contribution in [0.4, 0.5) is 0 Å². The van der Waals surface area contributed by atoms with Gasteiger partial charge < -0.3 is 14.8 Å². The van der Waals surface area contributed by atoms with Crippen LogP contribution in [0.15, 0.2) is 0 Å². The van der Waals surface area contributed by atoms with E-state index in [2.05, 4.69) is 11.2 Å². The Hall–Kier alpha value is -0.560. The lowest BCUT2D eigenvalue weighted by molar-refractivity contribution is -0.138. The molecule has 0 spiro atoms. The molecule has 0 saturated carbocycles. The van der Waals surface area contributed by atoms with Crippen molar-refractivity contribution in [2.75, 3.05) is 26.3 Å². The van der Waals surface area contributed by atoms with Crippen LogP contribution >= 0.6 is 0 Å². The van der Waals surface area contributed by atoms with Crippen LogP contribution in [0.1, 0.15) is 26.7 Å². The van der Waals surface area contributed by atoms with E-state index >= 15 is 0 Å². The summed E-state index contributed by atoms with van der Waals surface area (Å²) in [5.74, 6) is 2.58. The minimum Gasteiger partial charge on any atom is -0.353 e. The molecule has 0 aromatic rings. The van der Waals surface area contributed by atoms with Gasteiger partial charge in [0.15, 0.2) is 6.29 Å². The van der Waals surface area contributed by atoms with Crippen LogP contribution in [0.2, 0.25) is 0 Å². The second-order valence-corrected chi connectivity index (χ2v) is 2.83. The molecule has 0 saturated heterocycles. The molecule has 0 amide bonds. The number of terminal acetylenes is 1. The van der Waals surface area contributed by atoms with E-state index in [9.17, 15) is 0 Å². The lowest BCUT2D eigenvalue weighted by atomic mass is 10.4. The predicted octanol–water partition coefficient (Wildman–Crippen LogP) is 1.39. The van der Waals surface area contributed by atoms with Crippen molar-refractivity contribution in [1.29, 1.82) is 0 Å².